The van der Waals surface area contributed by atoms with Gasteiger partial charge < -0.3 is 4.74 Å². The van der Waals surface area contributed by atoms with E-state index in [9.17, 15) is 4.79 Å². The number of rotatable bonds is 6. The molecule has 1 heterocycles. The Labute approximate surface area is 115 Å². The Morgan fingerprint density at radius 2 is 2.16 bits per heavy atom. The van der Waals surface area contributed by atoms with Crippen LogP contribution in [0.5, 0.6) is 0 Å². The number of thioether (sulfide) groups is 1. The number of benzene rings is 1. The standard InChI is InChI=1S/C13H15N3O2S/c1-2-18-12(17)8-11-14-13(16-15-11)19-9-10-6-4-3-5-7-10/h3-7H,2,8-9H2,1H3,(H,14,15,16). The first-order chi connectivity index (χ1) is 9.28. The zero-order chi connectivity index (χ0) is 13.5. The first-order valence-electron chi connectivity index (χ1n) is 6.01. The number of ether oxygens (including phenoxy) is 1. The molecule has 1 N–H and O–H groups in total. The van der Waals surface area contributed by atoms with E-state index in [1.54, 1.807) is 6.92 Å². The van der Waals surface area contributed by atoms with Gasteiger partial charge in [0.2, 0.25) is 5.16 Å². The Morgan fingerprint density at radius 1 is 1.37 bits per heavy atom. The smallest absolute Gasteiger partial charge is 0.313 e. The Kier molecular flexibility index (Phi) is 4.97. The highest BCUT2D eigenvalue weighted by Crippen LogP contribution is 2.18. The molecule has 0 aliphatic carbocycles. The molecule has 2 rings (SSSR count). The third-order valence-electron chi connectivity index (χ3n) is 2.34. The normalized spacial score (nSPS) is 10.4. The molecule has 0 saturated heterocycles. The molecule has 2 aromatic rings. The van der Waals surface area contributed by atoms with Gasteiger partial charge in [0, 0.05) is 5.75 Å². The van der Waals surface area contributed by atoms with Gasteiger partial charge in [0.15, 0.2) is 0 Å². The minimum Gasteiger partial charge on any atom is -0.466 e. The molecule has 0 atom stereocenters. The van der Waals surface area contributed by atoms with E-state index in [4.69, 9.17) is 4.74 Å². The molecule has 0 aliphatic heterocycles. The number of aromatic amines is 1. The molecule has 0 saturated carbocycles. The molecule has 6 heteroatoms. The maximum absolute atomic E-state index is 11.3. The molecule has 0 amide bonds. The largest absolute Gasteiger partial charge is 0.466 e. The van der Waals surface area contributed by atoms with Crippen molar-refractivity contribution >= 4 is 17.7 Å². The minimum atomic E-state index is -0.293. The van der Waals surface area contributed by atoms with Crippen molar-refractivity contribution < 1.29 is 9.53 Å². The number of nitrogens with one attached hydrogen (secondary N) is 1. The second-order valence-corrected chi connectivity index (χ2v) is 4.76. The summed E-state index contributed by atoms with van der Waals surface area (Å²) in [7, 11) is 0. The zero-order valence-corrected chi connectivity index (χ0v) is 11.4. The second-order valence-electron chi connectivity index (χ2n) is 3.82. The maximum Gasteiger partial charge on any atom is 0.313 e. The lowest BCUT2D eigenvalue weighted by molar-refractivity contribution is -0.142. The molecule has 1 aromatic heterocycles. The van der Waals surface area contributed by atoms with Crippen LogP contribution in [-0.2, 0) is 21.7 Å². The minimum absolute atomic E-state index is 0.132. The average Bonchev–Trinajstić information content (AvgIpc) is 2.85. The third-order valence-corrected chi connectivity index (χ3v) is 3.26. The summed E-state index contributed by atoms with van der Waals surface area (Å²) in [6, 6.07) is 10.1. The van der Waals surface area contributed by atoms with Crippen molar-refractivity contribution in [1.82, 2.24) is 15.2 Å². The highest BCUT2D eigenvalue weighted by Gasteiger charge is 2.09. The summed E-state index contributed by atoms with van der Waals surface area (Å²) in [6.07, 6.45) is 0.132. The van der Waals surface area contributed by atoms with E-state index in [-0.39, 0.29) is 12.4 Å². The molecule has 100 valence electrons. The lowest BCUT2D eigenvalue weighted by atomic mass is 10.2. The van der Waals surface area contributed by atoms with Crippen molar-refractivity contribution in [2.75, 3.05) is 6.61 Å². The van der Waals surface area contributed by atoms with Gasteiger partial charge in [-0.05, 0) is 12.5 Å². The number of aromatic nitrogens is 3. The van der Waals surface area contributed by atoms with Crippen molar-refractivity contribution in [2.24, 2.45) is 0 Å². The number of esters is 1. The first-order valence-corrected chi connectivity index (χ1v) is 7.00. The molecular weight excluding hydrogens is 262 g/mol. The fraction of sp³-hybridized carbons (Fsp3) is 0.308. The summed E-state index contributed by atoms with van der Waals surface area (Å²) in [5.74, 6) is 1.05. The number of nitrogens with zero attached hydrogens (tertiary/aromatic N) is 2. The molecule has 0 aliphatic rings. The molecule has 0 radical (unpaired) electrons. The van der Waals surface area contributed by atoms with Crippen molar-refractivity contribution in [1.29, 1.82) is 0 Å². The van der Waals surface area contributed by atoms with Gasteiger partial charge in [-0.1, -0.05) is 42.1 Å². The molecule has 0 unspecified atom stereocenters. The highest BCUT2D eigenvalue weighted by atomic mass is 32.2. The summed E-state index contributed by atoms with van der Waals surface area (Å²) < 4.78 is 4.85. The summed E-state index contributed by atoms with van der Waals surface area (Å²) in [6.45, 7) is 2.15. The molecule has 19 heavy (non-hydrogen) atoms. The fourth-order valence-electron chi connectivity index (χ4n) is 1.49. The predicted octanol–water partition coefficient (Wildman–Crippen LogP) is 2.20. The van der Waals surface area contributed by atoms with Gasteiger partial charge in [0.25, 0.3) is 0 Å². The third kappa shape index (κ3) is 4.40. The van der Waals surface area contributed by atoms with Crippen LogP contribution in [0.3, 0.4) is 0 Å². The summed E-state index contributed by atoms with van der Waals surface area (Å²) in [5.41, 5.74) is 1.21. The van der Waals surface area contributed by atoms with Crippen LogP contribution in [0.2, 0.25) is 0 Å². The molecule has 5 nitrogen and oxygen atoms in total. The van der Waals surface area contributed by atoms with Crippen molar-refractivity contribution in [2.45, 2.75) is 24.3 Å². The van der Waals surface area contributed by atoms with E-state index >= 15 is 0 Å². The lowest BCUT2D eigenvalue weighted by Gasteiger charge is -1.98. The molecule has 0 bridgehead atoms. The number of hydrogen-bond donors (Lipinski definition) is 1. The van der Waals surface area contributed by atoms with E-state index in [0.717, 1.165) is 5.75 Å². The Balaban J connectivity index is 1.85. The first kappa shape index (κ1) is 13.6. The van der Waals surface area contributed by atoms with Crippen LogP contribution in [0.15, 0.2) is 35.5 Å². The Hall–Kier alpha value is -1.82. The summed E-state index contributed by atoms with van der Waals surface area (Å²) >= 11 is 1.53. The van der Waals surface area contributed by atoms with Crippen LogP contribution < -0.4 is 0 Å². The topological polar surface area (TPSA) is 67.9 Å². The monoisotopic (exact) mass is 277 g/mol. The number of carbonyl (C=O) groups excluding carboxylic acids is 1. The van der Waals surface area contributed by atoms with E-state index in [1.807, 2.05) is 18.2 Å². The van der Waals surface area contributed by atoms with Crippen LogP contribution in [-0.4, -0.2) is 27.8 Å². The van der Waals surface area contributed by atoms with Crippen LogP contribution in [0.25, 0.3) is 0 Å². The van der Waals surface area contributed by atoms with Crippen LogP contribution >= 0.6 is 11.8 Å². The Morgan fingerprint density at radius 3 is 2.89 bits per heavy atom. The quantitative estimate of drug-likeness (QED) is 0.647. The van der Waals surface area contributed by atoms with Crippen LogP contribution in [0.4, 0.5) is 0 Å². The van der Waals surface area contributed by atoms with Crippen LogP contribution in [0, 0.1) is 0 Å². The summed E-state index contributed by atoms with van der Waals surface area (Å²) in [4.78, 5) is 15.5. The van der Waals surface area contributed by atoms with Gasteiger partial charge in [-0.3, -0.25) is 9.89 Å². The Bertz CT molecular complexity index is 528. The van der Waals surface area contributed by atoms with E-state index in [0.29, 0.717) is 17.6 Å². The van der Waals surface area contributed by atoms with Crippen molar-refractivity contribution in [3.8, 4) is 0 Å². The van der Waals surface area contributed by atoms with Gasteiger partial charge in [-0.2, -0.15) is 0 Å². The number of H-pyrrole nitrogens is 1. The van der Waals surface area contributed by atoms with E-state index in [2.05, 4.69) is 27.3 Å². The number of hydrogen-bond acceptors (Lipinski definition) is 5. The van der Waals surface area contributed by atoms with Gasteiger partial charge >= 0.3 is 5.97 Å². The highest BCUT2D eigenvalue weighted by molar-refractivity contribution is 7.98. The van der Waals surface area contributed by atoms with Crippen molar-refractivity contribution in [3.63, 3.8) is 0 Å². The SMILES string of the molecule is CCOC(=O)Cc1nc(SCc2ccccc2)n[nH]1. The lowest BCUT2D eigenvalue weighted by Crippen LogP contribution is -2.08. The average molecular weight is 277 g/mol. The van der Waals surface area contributed by atoms with Gasteiger partial charge in [-0.25, -0.2) is 4.98 Å². The molecule has 0 spiro atoms. The predicted molar refractivity (Wildman–Crippen MR) is 72.7 cm³/mol. The van der Waals surface area contributed by atoms with Crippen LogP contribution in [0.1, 0.15) is 18.3 Å². The van der Waals surface area contributed by atoms with E-state index in [1.165, 1.54) is 17.3 Å². The molecule has 0 fully saturated rings. The zero-order valence-electron chi connectivity index (χ0n) is 10.6. The molecular formula is C13H15N3O2S. The van der Waals surface area contributed by atoms with E-state index < -0.39 is 0 Å². The van der Waals surface area contributed by atoms with Gasteiger partial charge in [0.1, 0.15) is 12.2 Å². The van der Waals surface area contributed by atoms with Crippen molar-refractivity contribution in [3.05, 3.63) is 41.7 Å². The molecule has 1 aromatic carbocycles. The summed E-state index contributed by atoms with van der Waals surface area (Å²) in [5, 5.41) is 7.45. The fourth-order valence-corrected chi connectivity index (χ4v) is 2.27. The number of carbonyl (C=O) groups is 1. The maximum atomic E-state index is 11.3. The van der Waals surface area contributed by atoms with Gasteiger partial charge in [-0.15, -0.1) is 5.10 Å². The van der Waals surface area contributed by atoms with Gasteiger partial charge in [0.05, 0.1) is 6.61 Å². The second kappa shape index (κ2) is 6.94.